The molecule has 1 saturated heterocycles. The van der Waals surface area contributed by atoms with Crippen LogP contribution in [0, 0.1) is 5.92 Å². The van der Waals surface area contributed by atoms with Gasteiger partial charge in [0.1, 0.15) is 0 Å². The standard InChI is InChI=1S/C13H20N4O2/c1-9-3-5-17(6-4-9)13-15-11(7-12(19)16-13)8-14-10(2)18/h7,9H,3-6,8H2,1-2H3,(H,14,18)(H,15,16,19). The van der Waals surface area contributed by atoms with E-state index >= 15 is 0 Å². The summed E-state index contributed by atoms with van der Waals surface area (Å²) < 4.78 is 0. The topological polar surface area (TPSA) is 78.1 Å². The summed E-state index contributed by atoms with van der Waals surface area (Å²) >= 11 is 0. The maximum atomic E-state index is 11.6. The highest BCUT2D eigenvalue weighted by molar-refractivity contribution is 5.72. The van der Waals surface area contributed by atoms with Crippen molar-refractivity contribution >= 4 is 11.9 Å². The summed E-state index contributed by atoms with van der Waals surface area (Å²) in [4.78, 5) is 31.8. The molecule has 0 bridgehead atoms. The van der Waals surface area contributed by atoms with Crippen molar-refractivity contribution in [3.63, 3.8) is 0 Å². The van der Waals surface area contributed by atoms with Crippen LogP contribution in [-0.2, 0) is 11.3 Å². The number of H-pyrrole nitrogens is 1. The van der Waals surface area contributed by atoms with Gasteiger partial charge in [0.15, 0.2) is 0 Å². The molecular weight excluding hydrogens is 244 g/mol. The highest BCUT2D eigenvalue weighted by atomic mass is 16.1. The number of hydrogen-bond acceptors (Lipinski definition) is 4. The van der Waals surface area contributed by atoms with E-state index in [0.717, 1.165) is 31.8 Å². The van der Waals surface area contributed by atoms with E-state index in [0.29, 0.717) is 11.6 Å². The highest BCUT2D eigenvalue weighted by Crippen LogP contribution is 2.19. The maximum Gasteiger partial charge on any atom is 0.252 e. The predicted octanol–water partition coefficient (Wildman–Crippen LogP) is 0.642. The molecule has 1 aromatic heterocycles. The van der Waals surface area contributed by atoms with Crippen LogP contribution in [0.4, 0.5) is 5.95 Å². The number of carbonyl (C=O) groups is 1. The Morgan fingerprint density at radius 1 is 1.53 bits per heavy atom. The van der Waals surface area contributed by atoms with Crippen LogP contribution in [0.15, 0.2) is 10.9 Å². The summed E-state index contributed by atoms with van der Waals surface area (Å²) in [6, 6.07) is 1.42. The molecule has 104 valence electrons. The molecule has 0 aliphatic carbocycles. The van der Waals surface area contributed by atoms with Crippen molar-refractivity contribution in [2.75, 3.05) is 18.0 Å². The van der Waals surface area contributed by atoms with Gasteiger partial charge < -0.3 is 10.2 Å². The Balaban J connectivity index is 2.12. The van der Waals surface area contributed by atoms with Gasteiger partial charge in [-0.1, -0.05) is 6.92 Å². The first-order valence-corrected chi connectivity index (χ1v) is 6.64. The molecule has 1 aromatic rings. The number of nitrogens with one attached hydrogen (secondary N) is 2. The zero-order chi connectivity index (χ0) is 13.8. The van der Waals surface area contributed by atoms with Gasteiger partial charge in [-0.3, -0.25) is 14.6 Å². The molecule has 6 heteroatoms. The second kappa shape index (κ2) is 5.86. The van der Waals surface area contributed by atoms with Gasteiger partial charge in [-0.25, -0.2) is 4.98 Å². The Morgan fingerprint density at radius 2 is 2.21 bits per heavy atom. The average molecular weight is 264 g/mol. The second-order valence-corrected chi connectivity index (χ2v) is 5.14. The van der Waals surface area contributed by atoms with E-state index in [2.05, 4.69) is 27.1 Å². The first kappa shape index (κ1) is 13.6. The summed E-state index contributed by atoms with van der Waals surface area (Å²) in [6.45, 7) is 5.79. The number of amides is 1. The van der Waals surface area contributed by atoms with E-state index in [1.54, 1.807) is 0 Å². The fourth-order valence-corrected chi connectivity index (χ4v) is 2.17. The lowest BCUT2D eigenvalue weighted by Crippen LogP contribution is -2.35. The third kappa shape index (κ3) is 3.81. The summed E-state index contributed by atoms with van der Waals surface area (Å²) in [6.07, 6.45) is 2.22. The van der Waals surface area contributed by atoms with Gasteiger partial charge in [0.2, 0.25) is 11.9 Å². The number of anilines is 1. The number of piperidine rings is 1. The van der Waals surface area contributed by atoms with Crippen LogP contribution in [0.3, 0.4) is 0 Å². The fourth-order valence-electron chi connectivity index (χ4n) is 2.17. The van der Waals surface area contributed by atoms with E-state index in [4.69, 9.17) is 0 Å². The molecule has 1 aliphatic heterocycles. The van der Waals surface area contributed by atoms with Crippen LogP contribution in [0.5, 0.6) is 0 Å². The lowest BCUT2D eigenvalue weighted by atomic mass is 10.00. The summed E-state index contributed by atoms with van der Waals surface area (Å²) in [7, 11) is 0. The number of rotatable bonds is 3. The van der Waals surface area contributed by atoms with Gasteiger partial charge in [0.05, 0.1) is 12.2 Å². The minimum absolute atomic E-state index is 0.129. The Hall–Kier alpha value is -1.85. The molecule has 0 atom stereocenters. The third-order valence-electron chi connectivity index (χ3n) is 3.38. The van der Waals surface area contributed by atoms with Gasteiger partial charge in [-0.05, 0) is 18.8 Å². The second-order valence-electron chi connectivity index (χ2n) is 5.14. The minimum Gasteiger partial charge on any atom is -0.351 e. The molecule has 2 N–H and O–H groups in total. The van der Waals surface area contributed by atoms with Crippen molar-refractivity contribution in [2.45, 2.75) is 33.2 Å². The zero-order valence-corrected chi connectivity index (χ0v) is 11.4. The lowest BCUT2D eigenvalue weighted by Gasteiger charge is -2.30. The molecular formula is C13H20N4O2. The molecule has 1 aliphatic rings. The van der Waals surface area contributed by atoms with Gasteiger partial charge in [-0.15, -0.1) is 0 Å². The van der Waals surface area contributed by atoms with Gasteiger partial charge in [0.25, 0.3) is 5.56 Å². The summed E-state index contributed by atoms with van der Waals surface area (Å²) in [5.41, 5.74) is 0.413. The number of aromatic nitrogens is 2. The van der Waals surface area contributed by atoms with Crippen molar-refractivity contribution in [3.05, 3.63) is 22.1 Å². The summed E-state index contributed by atoms with van der Waals surface area (Å²) in [5, 5.41) is 2.65. The molecule has 0 spiro atoms. The Bertz CT molecular complexity index is 504. The first-order chi connectivity index (χ1) is 9.04. The molecule has 0 aromatic carbocycles. The van der Waals surface area contributed by atoms with Crippen molar-refractivity contribution in [1.82, 2.24) is 15.3 Å². The van der Waals surface area contributed by atoms with Crippen molar-refractivity contribution in [2.24, 2.45) is 5.92 Å². The van der Waals surface area contributed by atoms with Crippen LogP contribution < -0.4 is 15.8 Å². The van der Waals surface area contributed by atoms with E-state index in [9.17, 15) is 9.59 Å². The highest BCUT2D eigenvalue weighted by Gasteiger charge is 2.18. The Morgan fingerprint density at radius 3 is 2.84 bits per heavy atom. The minimum atomic E-state index is -0.177. The first-order valence-electron chi connectivity index (χ1n) is 6.64. The normalized spacial score (nSPS) is 16.4. The molecule has 2 heterocycles. The number of carbonyl (C=O) groups excluding carboxylic acids is 1. The van der Waals surface area contributed by atoms with Crippen molar-refractivity contribution in [1.29, 1.82) is 0 Å². The fraction of sp³-hybridized carbons (Fsp3) is 0.615. The van der Waals surface area contributed by atoms with E-state index in [1.807, 2.05) is 0 Å². The van der Waals surface area contributed by atoms with Gasteiger partial charge in [-0.2, -0.15) is 0 Å². The van der Waals surface area contributed by atoms with Gasteiger partial charge in [0, 0.05) is 26.1 Å². The lowest BCUT2D eigenvalue weighted by molar-refractivity contribution is -0.119. The molecule has 2 rings (SSSR count). The SMILES string of the molecule is CC(=O)NCc1cc(=O)[nH]c(N2CCC(C)CC2)n1. The molecule has 0 saturated carbocycles. The molecule has 1 fully saturated rings. The smallest absolute Gasteiger partial charge is 0.252 e. The van der Waals surface area contributed by atoms with Crippen LogP contribution in [0.1, 0.15) is 32.4 Å². The molecule has 19 heavy (non-hydrogen) atoms. The largest absolute Gasteiger partial charge is 0.351 e. The van der Waals surface area contributed by atoms with Crippen molar-refractivity contribution in [3.8, 4) is 0 Å². The Kier molecular flexibility index (Phi) is 4.19. The van der Waals surface area contributed by atoms with Crippen LogP contribution in [-0.4, -0.2) is 29.0 Å². The third-order valence-corrected chi connectivity index (χ3v) is 3.38. The number of aromatic amines is 1. The number of hydrogen-bond donors (Lipinski definition) is 2. The average Bonchev–Trinajstić information content (AvgIpc) is 2.36. The van der Waals surface area contributed by atoms with Crippen LogP contribution >= 0.6 is 0 Å². The van der Waals surface area contributed by atoms with Crippen LogP contribution in [0.2, 0.25) is 0 Å². The number of nitrogens with zero attached hydrogens (tertiary/aromatic N) is 2. The summed E-state index contributed by atoms with van der Waals surface area (Å²) in [5.74, 6) is 1.21. The molecule has 6 nitrogen and oxygen atoms in total. The predicted molar refractivity (Wildman–Crippen MR) is 73.0 cm³/mol. The molecule has 1 amide bonds. The monoisotopic (exact) mass is 264 g/mol. The van der Waals surface area contributed by atoms with E-state index in [-0.39, 0.29) is 18.0 Å². The van der Waals surface area contributed by atoms with Crippen LogP contribution in [0.25, 0.3) is 0 Å². The van der Waals surface area contributed by atoms with Crippen molar-refractivity contribution < 1.29 is 4.79 Å². The molecule has 0 unspecified atom stereocenters. The zero-order valence-electron chi connectivity index (χ0n) is 11.4. The molecule has 0 radical (unpaired) electrons. The Labute approximate surface area is 112 Å². The van der Waals surface area contributed by atoms with Gasteiger partial charge >= 0.3 is 0 Å². The van der Waals surface area contributed by atoms with E-state index < -0.39 is 0 Å². The quantitative estimate of drug-likeness (QED) is 0.840. The van der Waals surface area contributed by atoms with E-state index in [1.165, 1.54) is 13.0 Å². The maximum absolute atomic E-state index is 11.6.